The van der Waals surface area contributed by atoms with Crippen molar-refractivity contribution in [3.63, 3.8) is 0 Å². The predicted octanol–water partition coefficient (Wildman–Crippen LogP) is -0.126. The van der Waals surface area contributed by atoms with Crippen molar-refractivity contribution >= 4 is 21.8 Å². The van der Waals surface area contributed by atoms with Gasteiger partial charge in [-0.15, -0.1) is 0 Å². The molecule has 0 bridgehead atoms. The predicted molar refractivity (Wildman–Crippen MR) is 73.1 cm³/mol. The Morgan fingerprint density at radius 3 is 2.68 bits per heavy atom. The number of likely N-dealkylation sites (N-methyl/N-ethyl adjacent to an activating group) is 1. The summed E-state index contributed by atoms with van der Waals surface area (Å²) < 4.78 is 39.3. The van der Waals surface area contributed by atoms with Crippen LogP contribution in [-0.2, 0) is 25.4 Å². The first-order valence-electron chi connectivity index (χ1n) is 6.22. The molecule has 1 N–H and O–H groups in total. The van der Waals surface area contributed by atoms with E-state index in [4.69, 9.17) is 5.26 Å². The normalized spacial score (nSPS) is 18.6. The number of benzene rings is 1. The van der Waals surface area contributed by atoms with Crippen LogP contribution in [0.15, 0.2) is 18.2 Å². The number of rotatable bonds is 4. The smallest absolute Gasteiger partial charge is 0.247 e. The van der Waals surface area contributed by atoms with Crippen molar-refractivity contribution in [3.05, 3.63) is 35.1 Å². The lowest BCUT2D eigenvalue weighted by Gasteiger charge is -2.12. The van der Waals surface area contributed by atoms with Gasteiger partial charge in [-0.05, 0) is 17.7 Å². The Balaban J connectivity index is 2.18. The Bertz CT molecular complexity index is 785. The van der Waals surface area contributed by atoms with Crippen molar-refractivity contribution < 1.29 is 22.4 Å². The molecule has 1 atom stereocenters. The Morgan fingerprint density at radius 1 is 1.45 bits per heavy atom. The molecule has 1 fully saturated rings. The van der Waals surface area contributed by atoms with Gasteiger partial charge in [0, 0.05) is 7.05 Å². The SMILES string of the molecule is CN1C(=O)C[C@H](NS(=O)(=O)Cc2ccc(F)cc2C#N)C1=O. The molecule has 1 saturated heterocycles. The first-order valence-corrected chi connectivity index (χ1v) is 7.87. The summed E-state index contributed by atoms with van der Waals surface area (Å²) in [7, 11) is -2.70. The van der Waals surface area contributed by atoms with E-state index in [1.54, 1.807) is 6.07 Å². The molecule has 1 aromatic carbocycles. The molecule has 0 aromatic heterocycles. The number of halogens is 1. The van der Waals surface area contributed by atoms with Gasteiger partial charge in [-0.1, -0.05) is 6.07 Å². The average Bonchev–Trinajstić information content (AvgIpc) is 2.67. The summed E-state index contributed by atoms with van der Waals surface area (Å²) in [5.74, 6) is -2.34. The Labute approximate surface area is 126 Å². The number of hydrogen-bond acceptors (Lipinski definition) is 5. The quantitative estimate of drug-likeness (QED) is 0.776. The monoisotopic (exact) mass is 325 g/mol. The summed E-state index contributed by atoms with van der Waals surface area (Å²) in [6.07, 6.45) is -0.247. The maximum atomic E-state index is 13.0. The number of nitrogens with zero attached hydrogens (tertiary/aromatic N) is 2. The van der Waals surface area contributed by atoms with Crippen molar-refractivity contribution in [1.82, 2.24) is 9.62 Å². The molecular formula is C13H12FN3O4S. The maximum Gasteiger partial charge on any atom is 0.247 e. The number of imide groups is 1. The molecule has 0 saturated carbocycles. The number of nitrogens with one attached hydrogen (secondary N) is 1. The number of amides is 2. The van der Waals surface area contributed by atoms with E-state index in [0.29, 0.717) is 0 Å². The van der Waals surface area contributed by atoms with E-state index < -0.39 is 39.4 Å². The van der Waals surface area contributed by atoms with Crippen LogP contribution in [0.1, 0.15) is 17.5 Å². The van der Waals surface area contributed by atoms with E-state index in [1.807, 2.05) is 0 Å². The van der Waals surface area contributed by atoms with E-state index in [0.717, 1.165) is 17.0 Å². The van der Waals surface area contributed by atoms with E-state index in [1.165, 1.54) is 13.1 Å². The van der Waals surface area contributed by atoms with E-state index >= 15 is 0 Å². The minimum absolute atomic E-state index is 0.101. The maximum absolute atomic E-state index is 13.0. The molecule has 0 spiro atoms. The number of hydrogen-bond donors (Lipinski definition) is 1. The molecule has 9 heteroatoms. The molecule has 1 heterocycles. The van der Waals surface area contributed by atoms with Crippen LogP contribution in [0, 0.1) is 17.1 Å². The molecule has 7 nitrogen and oxygen atoms in total. The fraction of sp³-hybridized carbons (Fsp3) is 0.308. The molecule has 0 aliphatic carbocycles. The third-order valence-electron chi connectivity index (χ3n) is 3.24. The van der Waals surface area contributed by atoms with Gasteiger partial charge in [-0.2, -0.15) is 5.26 Å². The van der Waals surface area contributed by atoms with Crippen molar-refractivity contribution in [3.8, 4) is 6.07 Å². The van der Waals surface area contributed by atoms with Crippen LogP contribution in [0.3, 0.4) is 0 Å². The number of carbonyl (C=O) groups excluding carboxylic acids is 2. The van der Waals surface area contributed by atoms with E-state index in [-0.39, 0.29) is 17.5 Å². The second kappa shape index (κ2) is 5.82. The molecule has 1 aromatic rings. The van der Waals surface area contributed by atoms with Gasteiger partial charge in [0.1, 0.15) is 11.9 Å². The lowest BCUT2D eigenvalue weighted by molar-refractivity contribution is -0.137. The first kappa shape index (κ1) is 16.1. The fourth-order valence-electron chi connectivity index (χ4n) is 2.09. The minimum atomic E-state index is -3.97. The number of carbonyl (C=O) groups is 2. The second-order valence-corrected chi connectivity index (χ2v) is 6.59. The van der Waals surface area contributed by atoms with Crippen molar-refractivity contribution in [2.45, 2.75) is 18.2 Å². The molecule has 1 aliphatic heterocycles. The van der Waals surface area contributed by atoms with Gasteiger partial charge < -0.3 is 0 Å². The molecule has 2 amide bonds. The van der Waals surface area contributed by atoms with Crippen LogP contribution >= 0.6 is 0 Å². The Kier molecular flexibility index (Phi) is 4.25. The van der Waals surface area contributed by atoms with Gasteiger partial charge in [-0.3, -0.25) is 14.5 Å². The molecule has 22 heavy (non-hydrogen) atoms. The summed E-state index contributed by atoms with van der Waals surface area (Å²) in [6.45, 7) is 0. The van der Waals surface area contributed by atoms with E-state index in [2.05, 4.69) is 4.72 Å². The Hall–Kier alpha value is -2.31. The average molecular weight is 325 g/mol. The zero-order chi connectivity index (χ0) is 16.5. The van der Waals surface area contributed by atoms with Gasteiger partial charge >= 0.3 is 0 Å². The fourth-order valence-corrected chi connectivity index (χ4v) is 3.45. The van der Waals surface area contributed by atoms with Crippen LogP contribution in [-0.4, -0.2) is 38.2 Å². The molecular weight excluding hydrogens is 313 g/mol. The summed E-state index contributed by atoms with van der Waals surface area (Å²) in [6, 6.07) is 3.74. The van der Waals surface area contributed by atoms with Crippen LogP contribution in [0.2, 0.25) is 0 Å². The first-order chi connectivity index (χ1) is 10.2. The van der Waals surface area contributed by atoms with Crippen LogP contribution in [0.4, 0.5) is 4.39 Å². The van der Waals surface area contributed by atoms with E-state index in [9.17, 15) is 22.4 Å². The molecule has 1 aliphatic rings. The molecule has 116 valence electrons. The highest BCUT2D eigenvalue weighted by Crippen LogP contribution is 2.16. The summed E-state index contributed by atoms with van der Waals surface area (Å²) in [5.41, 5.74) is 0.0119. The standard InChI is InChI=1S/C13H12FN3O4S/c1-17-12(18)5-11(13(17)19)16-22(20,21)7-8-2-3-10(14)4-9(8)6-15/h2-4,11,16H,5,7H2,1H3/t11-/m0/s1. The number of sulfonamides is 1. The molecule has 0 unspecified atom stereocenters. The summed E-state index contributed by atoms with van der Waals surface area (Å²) in [5, 5.41) is 8.90. The third-order valence-corrected chi connectivity index (χ3v) is 4.58. The van der Waals surface area contributed by atoms with Crippen LogP contribution < -0.4 is 4.72 Å². The van der Waals surface area contributed by atoms with Gasteiger partial charge in [0.2, 0.25) is 21.8 Å². The third kappa shape index (κ3) is 3.29. The Morgan fingerprint density at radius 2 is 2.14 bits per heavy atom. The lowest BCUT2D eigenvalue weighted by Crippen LogP contribution is -2.41. The lowest BCUT2D eigenvalue weighted by atomic mass is 10.1. The number of nitriles is 1. The van der Waals surface area contributed by atoms with Gasteiger partial charge in [-0.25, -0.2) is 17.5 Å². The van der Waals surface area contributed by atoms with Gasteiger partial charge in [0.15, 0.2) is 0 Å². The minimum Gasteiger partial charge on any atom is -0.284 e. The van der Waals surface area contributed by atoms with Gasteiger partial charge in [0.25, 0.3) is 0 Å². The van der Waals surface area contributed by atoms with Crippen LogP contribution in [0.25, 0.3) is 0 Å². The van der Waals surface area contributed by atoms with Crippen LogP contribution in [0.5, 0.6) is 0 Å². The second-order valence-electron chi connectivity index (χ2n) is 4.84. The topological polar surface area (TPSA) is 107 Å². The molecule has 0 radical (unpaired) electrons. The zero-order valence-corrected chi connectivity index (χ0v) is 12.4. The van der Waals surface area contributed by atoms with Crippen molar-refractivity contribution in [2.24, 2.45) is 0 Å². The number of likely N-dealkylation sites (tertiary alicyclic amines) is 1. The molecule has 2 rings (SSSR count). The highest BCUT2D eigenvalue weighted by Gasteiger charge is 2.38. The summed E-state index contributed by atoms with van der Waals surface area (Å²) in [4.78, 5) is 23.9. The van der Waals surface area contributed by atoms with Crippen molar-refractivity contribution in [1.29, 1.82) is 5.26 Å². The highest BCUT2D eigenvalue weighted by molar-refractivity contribution is 7.88. The van der Waals surface area contributed by atoms with Crippen molar-refractivity contribution in [2.75, 3.05) is 7.05 Å². The summed E-state index contributed by atoms with van der Waals surface area (Å²) >= 11 is 0. The largest absolute Gasteiger partial charge is 0.284 e. The zero-order valence-electron chi connectivity index (χ0n) is 11.5. The van der Waals surface area contributed by atoms with Gasteiger partial charge in [0.05, 0.1) is 23.8 Å². The highest BCUT2D eigenvalue weighted by atomic mass is 32.2.